The lowest BCUT2D eigenvalue weighted by Gasteiger charge is -2.20. The van der Waals surface area contributed by atoms with Gasteiger partial charge in [-0.15, -0.1) is 11.8 Å². The van der Waals surface area contributed by atoms with E-state index in [1.54, 1.807) is 49.4 Å². The maximum Gasteiger partial charge on any atom is 0.331 e. The van der Waals surface area contributed by atoms with E-state index in [2.05, 4.69) is 0 Å². The van der Waals surface area contributed by atoms with Crippen molar-refractivity contribution >= 4 is 41.1 Å². The molecule has 2 amide bonds. The molecule has 0 aliphatic carbocycles. The largest absolute Gasteiger partial charge is 0.481 e. The molecule has 4 aromatic rings. The number of carboxylic acids is 1. The molecule has 2 heterocycles. The SMILES string of the molecule is CCCN1C(=O)CC(SCC(CC(=O)CCOCCOCCOCCOCCOCCOCCCC(=O)CCc2cccc(-c3c(C)n(Cc4c(F)cccc4F)c(=O)n(C[C@H](N)c4ccccc4)c3=O)c2)C(=O)O)C1=O. The minimum atomic E-state index is -1.12. The highest BCUT2D eigenvalue weighted by atomic mass is 32.2. The van der Waals surface area contributed by atoms with Crippen LogP contribution in [0, 0.1) is 24.5 Å². The molecule has 0 spiro atoms. The van der Waals surface area contributed by atoms with E-state index in [0.717, 1.165) is 34.0 Å². The van der Waals surface area contributed by atoms with Gasteiger partial charge in [-0.2, -0.15) is 0 Å². The number of aliphatic carboxylic acids is 1. The number of carbonyl (C=O) groups is 5. The molecule has 77 heavy (non-hydrogen) atoms. The van der Waals surface area contributed by atoms with Gasteiger partial charge in [0.05, 0.1) is 102 Å². The molecule has 420 valence electrons. The van der Waals surface area contributed by atoms with Gasteiger partial charge in [0.2, 0.25) is 11.8 Å². The predicted molar refractivity (Wildman–Crippen MR) is 285 cm³/mol. The van der Waals surface area contributed by atoms with Gasteiger partial charge in [0, 0.05) is 68.3 Å². The number of thioether (sulfide) groups is 1. The number of nitrogens with two attached hydrogens (primary N) is 1. The number of rotatable bonds is 39. The number of aromatic nitrogens is 2. The Morgan fingerprint density at radius 1 is 0.727 bits per heavy atom. The second-order valence-corrected chi connectivity index (χ2v) is 19.7. The number of benzene rings is 3. The smallest absolute Gasteiger partial charge is 0.331 e. The van der Waals surface area contributed by atoms with Crippen LogP contribution >= 0.6 is 11.8 Å². The second kappa shape index (κ2) is 33.5. The lowest BCUT2D eigenvalue weighted by atomic mass is 9.99. The predicted octanol–water partition coefficient (Wildman–Crippen LogP) is 5.71. The average Bonchev–Trinajstić information content (AvgIpc) is 3.70. The molecule has 3 atom stereocenters. The van der Waals surface area contributed by atoms with Crippen molar-refractivity contribution < 1.29 is 66.3 Å². The maximum atomic E-state index is 14.9. The van der Waals surface area contributed by atoms with Crippen molar-refractivity contribution in [2.24, 2.45) is 11.7 Å². The van der Waals surface area contributed by atoms with Crippen LogP contribution in [0.5, 0.6) is 0 Å². The highest BCUT2D eigenvalue weighted by Gasteiger charge is 2.39. The summed E-state index contributed by atoms with van der Waals surface area (Å²) in [5.74, 6) is -4.43. The highest BCUT2D eigenvalue weighted by molar-refractivity contribution is 8.00. The molecular formula is C56H72F2N4O14S. The summed E-state index contributed by atoms with van der Waals surface area (Å²) in [6.45, 7) is 7.12. The van der Waals surface area contributed by atoms with E-state index in [1.165, 1.54) is 15.5 Å². The Labute approximate surface area is 451 Å². The molecule has 1 aliphatic heterocycles. The van der Waals surface area contributed by atoms with Crippen molar-refractivity contribution in [2.45, 2.75) is 89.6 Å². The number of aryl methyl sites for hydroxylation is 1. The molecule has 1 aromatic heterocycles. The summed E-state index contributed by atoms with van der Waals surface area (Å²) in [5, 5.41) is 8.97. The van der Waals surface area contributed by atoms with Gasteiger partial charge in [-0.05, 0) is 55.0 Å². The summed E-state index contributed by atoms with van der Waals surface area (Å²) in [6.07, 6.45) is 2.09. The molecule has 18 nitrogen and oxygen atoms in total. The number of halogens is 2. The van der Waals surface area contributed by atoms with Crippen LogP contribution in [-0.4, -0.2) is 145 Å². The van der Waals surface area contributed by atoms with Crippen molar-refractivity contribution in [3.05, 3.63) is 128 Å². The van der Waals surface area contributed by atoms with E-state index in [-0.39, 0.29) is 91.4 Å². The molecule has 3 aromatic carbocycles. The number of hydrogen-bond donors (Lipinski definition) is 2. The van der Waals surface area contributed by atoms with Gasteiger partial charge in [-0.1, -0.05) is 67.6 Å². The number of hydrogen-bond acceptors (Lipinski definition) is 15. The van der Waals surface area contributed by atoms with Crippen LogP contribution in [0.4, 0.5) is 8.78 Å². The normalized spacial score (nSPS) is 14.4. The molecule has 0 saturated carbocycles. The summed E-state index contributed by atoms with van der Waals surface area (Å²) >= 11 is 1.11. The number of likely N-dealkylation sites (tertiary alicyclic amines) is 1. The lowest BCUT2D eigenvalue weighted by Crippen LogP contribution is -2.44. The number of ketones is 2. The Balaban J connectivity index is 0.878. The van der Waals surface area contributed by atoms with E-state index in [4.69, 9.17) is 34.2 Å². The first kappa shape index (κ1) is 62.1. The van der Waals surface area contributed by atoms with Crippen molar-refractivity contribution in [3.63, 3.8) is 0 Å². The van der Waals surface area contributed by atoms with E-state index in [0.29, 0.717) is 109 Å². The Morgan fingerprint density at radius 2 is 1.31 bits per heavy atom. The molecule has 3 N–H and O–H groups in total. The minimum absolute atomic E-state index is 0.0463. The Bertz CT molecular complexity index is 2650. The summed E-state index contributed by atoms with van der Waals surface area (Å²) in [5.41, 5.74) is 7.22. The summed E-state index contributed by atoms with van der Waals surface area (Å²) in [7, 11) is 0. The Hall–Kier alpha value is -5.78. The summed E-state index contributed by atoms with van der Waals surface area (Å²) in [6, 6.07) is 18.9. The van der Waals surface area contributed by atoms with Gasteiger partial charge in [-0.3, -0.25) is 42.8 Å². The number of amides is 2. The third-order valence-corrected chi connectivity index (χ3v) is 14.0. The number of nitrogens with zero attached hydrogens (tertiary/aromatic N) is 3. The van der Waals surface area contributed by atoms with Crippen LogP contribution in [0.2, 0.25) is 0 Å². The van der Waals surface area contributed by atoms with Gasteiger partial charge in [0.15, 0.2) is 0 Å². The number of carbonyl (C=O) groups excluding carboxylic acids is 4. The Morgan fingerprint density at radius 3 is 1.91 bits per heavy atom. The quantitative estimate of drug-likeness (QED) is 0.0402. The van der Waals surface area contributed by atoms with Crippen molar-refractivity contribution in [1.29, 1.82) is 0 Å². The van der Waals surface area contributed by atoms with E-state index >= 15 is 0 Å². The fourth-order valence-corrected chi connectivity index (χ4v) is 9.70. The molecule has 2 unspecified atom stereocenters. The monoisotopic (exact) mass is 1090 g/mol. The van der Waals surface area contributed by atoms with Gasteiger partial charge in [-0.25, -0.2) is 13.6 Å². The number of Topliss-reactive ketones (excluding diaryl/α,β-unsaturated/α-hetero) is 2. The average molecular weight is 1100 g/mol. The van der Waals surface area contributed by atoms with Gasteiger partial charge in [0.1, 0.15) is 23.2 Å². The van der Waals surface area contributed by atoms with E-state index in [9.17, 15) is 47.4 Å². The van der Waals surface area contributed by atoms with Crippen LogP contribution in [-0.2, 0) is 71.9 Å². The third-order valence-electron chi connectivity index (χ3n) is 12.7. The zero-order valence-corrected chi connectivity index (χ0v) is 44.8. The Kier molecular flexibility index (Phi) is 27.0. The van der Waals surface area contributed by atoms with Gasteiger partial charge < -0.3 is 39.3 Å². The first-order valence-electron chi connectivity index (χ1n) is 26.0. The molecule has 0 bridgehead atoms. The van der Waals surface area contributed by atoms with Crippen molar-refractivity contribution in [3.8, 4) is 11.1 Å². The molecule has 1 aliphatic rings. The third kappa shape index (κ3) is 20.2. The second-order valence-electron chi connectivity index (χ2n) is 18.4. The highest BCUT2D eigenvalue weighted by Crippen LogP contribution is 2.28. The van der Waals surface area contributed by atoms with Crippen molar-refractivity contribution in [2.75, 3.05) is 91.6 Å². The van der Waals surface area contributed by atoms with Crippen LogP contribution < -0.4 is 17.0 Å². The standard InChI is InChI=1S/C56H72F2N4O14S/c1-3-20-60-51(65)35-50(53(60)66)77-38-43(55(68)69)34-45(64)19-22-72-24-26-74-28-30-76-32-31-75-29-27-73-25-23-71-21-9-14-44(63)18-17-40-10-7-13-42(33-40)52-39(2)61(36-46-47(57)15-8-16-48(46)58)56(70)62(54(52)67)37-49(59)41-11-5-4-6-12-41/h4-8,10-13,15-16,33,43,49-50H,3,9,14,17-32,34-38,59H2,1-2H3,(H,68,69)/t43?,49-,50?/m0/s1. The minimum Gasteiger partial charge on any atom is -0.481 e. The maximum absolute atomic E-state index is 14.9. The molecule has 1 saturated heterocycles. The molecule has 5 rings (SSSR count). The molecule has 1 fully saturated rings. The van der Waals surface area contributed by atoms with Crippen LogP contribution in [0.3, 0.4) is 0 Å². The molecular weight excluding hydrogens is 1020 g/mol. The first-order valence-corrected chi connectivity index (χ1v) is 27.1. The molecule has 0 radical (unpaired) electrons. The van der Waals surface area contributed by atoms with Crippen LogP contribution in [0.25, 0.3) is 11.1 Å². The topological polar surface area (TPSA) is 234 Å². The molecule has 21 heteroatoms. The fourth-order valence-electron chi connectivity index (χ4n) is 8.44. The van der Waals surface area contributed by atoms with E-state index < -0.39 is 52.6 Å². The van der Waals surface area contributed by atoms with Gasteiger partial charge >= 0.3 is 11.7 Å². The number of imide groups is 1. The van der Waals surface area contributed by atoms with Crippen molar-refractivity contribution in [1.82, 2.24) is 14.0 Å². The van der Waals surface area contributed by atoms with E-state index in [1.807, 2.05) is 19.1 Å². The van der Waals surface area contributed by atoms with Crippen LogP contribution in [0.15, 0.2) is 82.4 Å². The number of carboxylic acid groups (broad SMARTS) is 1. The van der Waals surface area contributed by atoms with Crippen LogP contribution in [0.1, 0.15) is 80.3 Å². The fraction of sp³-hybridized carbons (Fsp3) is 0.518. The lowest BCUT2D eigenvalue weighted by molar-refractivity contribution is -0.143. The zero-order valence-electron chi connectivity index (χ0n) is 44.0. The first-order chi connectivity index (χ1) is 37.2. The summed E-state index contributed by atoms with van der Waals surface area (Å²) < 4.78 is 65.1. The van der Waals surface area contributed by atoms with Gasteiger partial charge in [0.25, 0.3) is 5.56 Å². The zero-order chi connectivity index (χ0) is 55.5. The summed E-state index contributed by atoms with van der Waals surface area (Å²) in [4.78, 5) is 90.8. The number of ether oxygens (including phenoxy) is 6.